The summed E-state index contributed by atoms with van der Waals surface area (Å²) in [4.78, 5) is 29.3. The number of hydrogen-bond donors (Lipinski definition) is 2. The smallest absolute Gasteiger partial charge is 0.333 e. The number of hydrogen-bond acceptors (Lipinski definition) is 5. The minimum absolute atomic E-state index is 0.0376. The van der Waals surface area contributed by atoms with E-state index in [0.717, 1.165) is 23.9 Å². The standard InChI is InChI=1S/C16H11F3N4O3S/c17-16(18,19)9-2-1-3-10(6-9)20-14(24)8-27-15-21-12-5-4-11(23(25)26)7-13(12)22-15/h1-7H,8H2,(H,20,24)(H,21,22). The number of nitrogens with zero attached hydrogens (tertiary/aromatic N) is 2. The second-order valence-corrected chi connectivity index (χ2v) is 6.38. The molecule has 0 fully saturated rings. The number of non-ortho nitro benzene ring substituents is 1. The van der Waals surface area contributed by atoms with Crippen LogP contribution in [0.15, 0.2) is 47.6 Å². The van der Waals surface area contributed by atoms with Gasteiger partial charge in [0.25, 0.3) is 5.69 Å². The highest BCUT2D eigenvalue weighted by Gasteiger charge is 2.30. The number of amides is 1. The molecule has 0 radical (unpaired) electrons. The molecule has 7 nitrogen and oxygen atoms in total. The number of rotatable bonds is 5. The third-order valence-corrected chi connectivity index (χ3v) is 4.34. The van der Waals surface area contributed by atoms with Crippen molar-refractivity contribution in [3.63, 3.8) is 0 Å². The average Bonchev–Trinajstić information content (AvgIpc) is 3.01. The van der Waals surface area contributed by atoms with Gasteiger partial charge in [0.15, 0.2) is 5.16 Å². The molecule has 0 aliphatic carbocycles. The molecule has 3 aromatic rings. The maximum atomic E-state index is 12.7. The van der Waals surface area contributed by atoms with Gasteiger partial charge in [-0.25, -0.2) is 4.98 Å². The van der Waals surface area contributed by atoms with Crippen LogP contribution in [-0.4, -0.2) is 26.6 Å². The van der Waals surface area contributed by atoms with Gasteiger partial charge in [-0.2, -0.15) is 13.2 Å². The maximum Gasteiger partial charge on any atom is 0.416 e. The van der Waals surface area contributed by atoms with E-state index in [1.54, 1.807) is 0 Å². The predicted molar refractivity (Wildman–Crippen MR) is 93.5 cm³/mol. The van der Waals surface area contributed by atoms with Crippen LogP contribution in [0.4, 0.5) is 24.5 Å². The van der Waals surface area contributed by atoms with E-state index >= 15 is 0 Å². The van der Waals surface area contributed by atoms with Crippen LogP contribution in [0.2, 0.25) is 0 Å². The summed E-state index contributed by atoms with van der Waals surface area (Å²) in [6, 6.07) is 8.46. The molecule has 2 N–H and O–H groups in total. The number of nitrogens with one attached hydrogen (secondary N) is 2. The monoisotopic (exact) mass is 396 g/mol. The van der Waals surface area contributed by atoms with Crippen molar-refractivity contribution in [3.8, 4) is 0 Å². The van der Waals surface area contributed by atoms with Crippen molar-refractivity contribution in [3.05, 3.63) is 58.1 Å². The van der Waals surface area contributed by atoms with E-state index in [-0.39, 0.29) is 17.1 Å². The number of fused-ring (bicyclic) bond motifs is 1. The average molecular weight is 396 g/mol. The molecular formula is C16H11F3N4O3S. The molecule has 3 rings (SSSR count). The van der Waals surface area contributed by atoms with Gasteiger partial charge in [-0.1, -0.05) is 17.8 Å². The van der Waals surface area contributed by atoms with Crippen LogP contribution in [0.5, 0.6) is 0 Å². The molecule has 1 aromatic heterocycles. The highest BCUT2D eigenvalue weighted by Crippen LogP contribution is 2.30. The minimum Gasteiger partial charge on any atom is -0.333 e. The van der Waals surface area contributed by atoms with Gasteiger partial charge >= 0.3 is 6.18 Å². The Morgan fingerprint density at radius 2 is 2.04 bits per heavy atom. The first-order chi connectivity index (χ1) is 12.7. The number of benzene rings is 2. The zero-order valence-electron chi connectivity index (χ0n) is 13.4. The van der Waals surface area contributed by atoms with Crippen LogP contribution >= 0.6 is 11.8 Å². The lowest BCUT2D eigenvalue weighted by atomic mass is 10.2. The van der Waals surface area contributed by atoms with Crippen LogP contribution < -0.4 is 5.32 Å². The van der Waals surface area contributed by atoms with E-state index in [1.165, 1.54) is 30.3 Å². The first-order valence-corrected chi connectivity index (χ1v) is 8.45. The molecule has 0 bridgehead atoms. The fourth-order valence-corrected chi connectivity index (χ4v) is 2.95. The van der Waals surface area contributed by atoms with Gasteiger partial charge in [-0.3, -0.25) is 14.9 Å². The quantitative estimate of drug-likeness (QED) is 0.382. The Morgan fingerprint density at radius 1 is 1.26 bits per heavy atom. The van der Waals surface area contributed by atoms with Gasteiger partial charge < -0.3 is 10.3 Å². The number of anilines is 1. The van der Waals surface area contributed by atoms with E-state index in [9.17, 15) is 28.1 Å². The molecule has 0 aliphatic rings. The summed E-state index contributed by atoms with van der Waals surface area (Å²) in [5.41, 5.74) is 0.0406. The van der Waals surface area contributed by atoms with Crippen molar-refractivity contribution in [2.24, 2.45) is 0 Å². The van der Waals surface area contributed by atoms with E-state index in [2.05, 4.69) is 15.3 Å². The molecule has 0 unspecified atom stereocenters. The highest BCUT2D eigenvalue weighted by molar-refractivity contribution is 7.99. The van der Waals surface area contributed by atoms with Gasteiger partial charge in [-0.15, -0.1) is 0 Å². The normalized spacial score (nSPS) is 11.5. The van der Waals surface area contributed by atoms with Crippen molar-refractivity contribution < 1.29 is 22.9 Å². The van der Waals surface area contributed by atoms with Gasteiger partial charge in [0.05, 0.1) is 27.3 Å². The van der Waals surface area contributed by atoms with Crippen LogP contribution in [0.1, 0.15) is 5.56 Å². The summed E-state index contributed by atoms with van der Waals surface area (Å²) in [5.74, 6) is -0.608. The lowest BCUT2D eigenvalue weighted by molar-refractivity contribution is -0.384. The molecule has 0 aliphatic heterocycles. The Balaban J connectivity index is 1.64. The Hall–Kier alpha value is -3.08. The number of alkyl halides is 3. The Bertz CT molecular complexity index is 1020. The van der Waals surface area contributed by atoms with Crippen molar-refractivity contribution in [1.29, 1.82) is 0 Å². The fraction of sp³-hybridized carbons (Fsp3) is 0.125. The molecule has 0 saturated carbocycles. The number of H-pyrrole nitrogens is 1. The Labute approximate surface area is 154 Å². The summed E-state index contributed by atoms with van der Waals surface area (Å²) in [5, 5.41) is 13.5. The molecule has 1 amide bonds. The summed E-state index contributed by atoms with van der Waals surface area (Å²) in [6.07, 6.45) is -4.49. The van der Waals surface area contributed by atoms with Gasteiger partial charge in [0.2, 0.25) is 5.91 Å². The third kappa shape index (κ3) is 4.56. The molecule has 27 heavy (non-hydrogen) atoms. The molecule has 140 valence electrons. The number of imidazole rings is 1. The topological polar surface area (TPSA) is 101 Å². The zero-order valence-corrected chi connectivity index (χ0v) is 14.2. The van der Waals surface area contributed by atoms with Crippen molar-refractivity contribution in [2.45, 2.75) is 11.3 Å². The SMILES string of the molecule is O=C(CSc1nc2ccc([N+](=O)[O-])cc2[nH]1)Nc1cccc(C(F)(F)F)c1. The Morgan fingerprint density at radius 3 is 2.74 bits per heavy atom. The zero-order chi connectivity index (χ0) is 19.6. The number of aromatic nitrogens is 2. The predicted octanol–water partition coefficient (Wildman–Crippen LogP) is 4.22. The first-order valence-electron chi connectivity index (χ1n) is 7.46. The Kier molecular flexibility index (Phi) is 5.04. The minimum atomic E-state index is -4.49. The van der Waals surface area contributed by atoms with Crippen LogP contribution in [0, 0.1) is 10.1 Å². The van der Waals surface area contributed by atoms with Gasteiger partial charge in [0.1, 0.15) is 0 Å². The molecule has 11 heteroatoms. The molecule has 2 aromatic carbocycles. The van der Waals surface area contributed by atoms with Crippen LogP contribution in [0.3, 0.4) is 0 Å². The largest absolute Gasteiger partial charge is 0.416 e. The van der Waals surface area contributed by atoms with E-state index in [1.807, 2.05) is 0 Å². The number of carbonyl (C=O) groups excluding carboxylic acids is 1. The molecular weight excluding hydrogens is 385 g/mol. The molecule has 0 saturated heterocycles. The van der Waals surface area contributed by atoms with Crippen LogP contribution in [-0.2, 0) is 11.0 Å². The maximum absolute atomic E-state index is 12.7. The summed E-state index contributed by atoms with van der Waals surface area (Å²) < 4.78 is 38.0. The van der Waals surface area contributed by atoms with Gasteiger partial charge in [-0.05, 0) is 24.3 Å². The number of thioether (sulfide) groups is 1. The fourth-order valence-electron chi connectivity index (χ4n) is 2.26. The lowest BCUT2D eigenvalue weighted by Gasteiger charge is -2.09. The van der Waals surface area contributed by atoms with Crippen molar-refractivity contribution in [2.75, 3.05) is 11.1 Å². The first kappa shape index (κ1) is 18.7. The molecule has 1 heterocycles. The second-order valence-electron chi connectivity index (χ2n) is 5.42. The van der Waals surface area contributed by atoms with Gasteiger partial charge in [0, 0.05) is 17.8 Å². The summed E-state index contributed by atoms with van der Waals surface area (Å²) in [7, 11) is 0. The second kappa shape index (κ2) is 7.27. The number of aromatic amines is 1. The molecule has 0 atom stereocenters. The number of carbonyl (C=O) groups is 1. The number of halogens is 3. The van der Waals surface area contributed by atoms with Crippen molar-refractivity contribution in [1.82, 2.24) is 9.97 Å². The molecule has 0 spiro atoms. The van der Waals surface area contributed by atoms with E-state index < -0.39 is 22.6 Å². The number of nitro groups is 1. The highest BCUT2D eigenvalue weighted by atomic mass is 32.2. The third-order valence-electron chi connectivity index (χ3n) is 3.47. The summed E-state index contributed by atoms with van der Waals surface area (Å²) >= 11 is 1.03. The van der Waals surface area contributed by atoms with Crippen LogP contribution in [0.25, 0.3) is 11.0 Å². The van der Waals surface area contributed by atoms with E-state index in [4.69, 9.17) is 0 Å². The lowest BCUT2D eigenvalue weighted by Crippen LogP contribution is -2.15. The van der Waals surface area contributed by atoms with E-state index in [0.29, 0.717) is 16.2 Å². The van der Waals surface area contributed by atoms with Crippen molar-refractivity contribution >= 4 is 40.1 Å². The number of nitro benzene ring substituents is 1. The summed E-state index contributed by atoms with van der Waals surface area (Å²) in [6.45, 7) is 0.